The first kappa shape index (κ1) is 16.1. The molecule has 0 aliphatic carbocycles. The molecule has 0 spiro atoms. The van der Waals surface area contributed by atoms with Gasteiger partial charge in [0.1, 0.15) is 0 Å². The molecular formula is C13H23N3O2S. The Labute approximate surface area is 115 Å². The zero-order valence-corrected chi connectivity index (χ0v) is 12.3. The number of hydrogen-bond donors (Lipinski definition) is 3. The molecule has 0 saturated carbocycles. The maximum Gasteiger partial charge on any atom is 0.277 e. The van der Waals surface area contributed by atoms with Gasteiger partial charge in [0, 0.05) is 13.1 Å². The van der Waals surface area contributed by atoms with Crippen molar-refractivity contribution >= 4 is 10.2 Å². The van der Waals surface area contributed by atoms with Gasteiger partial charge in [-0.3, -0.25) is 0 Å². The van der Waals surface area contributed by atoms with Gasteiger partial charge in [0.15, 0.2) is 0 Å². The Morgan fingerprint density at radius 1 is 1.11 bits per heavy atom. The van der Waals surface area contributed by atoms with Crippen molar-refractivity contribution in [3.05, 3.63) is 35.4 Å². The molecule has 1 aromatic carbocycles. The highest BCUT2D eigenvalue weighted by atomic mass is 32.2. The standard InChI is InChI=1S/C13H23N3O2S/c1-11(2)9-15-19(17,18)16-10-13-5-3-12(4-6-13)7-8-14/h3-6,11,15-16H,7-10,14H2,1-2H3. The molecule has 0 unspecified atom stereocenters. The Morgan fingerprint density at radius 3 is 2.21 bits per heavy atom. The highest BCUT2D eigenvalue weighted by Crippen LogP contribution is 2.05. The van der Waals surface area contributed by atoms with Gasteiger partial charge in [0.2, 0.25) is 0 Å². The lowest BCUT2D eigenvalue weighted by molar-refractivity contribution is 0.547. The molecule has 5 nitrogen and oxygen atoms in total. The van der Waals surface area contributed by atoms with Gasteiger partial charge in [0.25, 0.3) is 10.2 Å². The maximum atomic E-state index is 11.6. The van der Waals surface area contributed by atoms with Gasteiger partial charge in [-0.15, -0.1) is 0 Å². The number of hydrogen-bond acceptors (Lipinski definition) is 3. The van der Waals surface area contributed by atoms with Crippen molar-refractivity contribution in [2.75, 3.05) is 13.1 Å². The number of nitrogens with two attached hydrogens (primary N) is 1. The Morgan fingerprint density at radius 2 is 1.68 bits per heavy atom. The van der Waals surface area contributed by atoms with E-state index in [1.165, 1.54) is 0 Å². The molecule has 0 heterocycles. The van der Waals surface area contributed by atoms with Crippen molar-refractivity contribution in [1.29, 1.82) is 0 Å². The third kappa shape index (κ3) is 6.68. The molecule has 0 aromatic heterocycles. The molecule has 0 radical (unpaired) electrons. The van der Waals surface area contributed by atoms with Crippen LogP contribution in [-0.2, 0) is 23.2 Å². The predicted molar refractivity (Wildman–Crippen MR) is 77.8 cm³/mol. The first-order valence-electron chi connectivity index (χ1n) is 6.45. The van der Waals surface area contributed by atoms with Crippen LogP contribution in [0.2, 0.25) is 0 Å². The van der Waals surface area contributed by atoms with E-state index in [1.54, 1.807) is 0 Å². The Kier molecular flexibility index (Phi) is 6.44. The van der Waals surface area contributed by atoms with Gasteiger partial charge in [-0.2, -0.15) is 13.1 Å². The summed E-state index contributed by atoms with van der Waals surface area (Å²) in [4.78, 5) is 0. The normalized spacial score (nSPS) is 12.0. The number of benzene rings is 1. The van der Waals surface area contributed by atoms with Gasteiger partial charge < -0.3 is 5.73 Å². The van der Waals surface area contributed by atoms with E-state index in [2.05, 4.69) is 9.44 Å². The molecule has 0 bridgehead atoms. The molecular weight excluding hydrogens is 262 g/mol. The Hall–Kier alpha value is -0.950. The van der Waals surface area contributed by atoms with Crippen LogP contribution in [0, 0.1) is 5.92 Å². The lowest BCUT2D eigenvalue weighted by atomic mass is 10.1. The largest absolute Gasteiger partial charge is 0.330 e. The van der Waals surface area contributed by atoms with Crippen molar-refractivity contribution in [3.8, 4) is 0 Å². The van der Waals surface area contributed by atoms with Gasteiger partial charge in [-0.1, -0.05) is 38.1 Å². The van der Waals surface area contributed by atoms with Crippen LogP contribution in [0.4, 0.5) is 0 Å². The van der Waals surface area contributed by atoms with Crippen LogP contribution in [0.5, 0.6) is 0 Å². The molecule has 6 heteroatoms. The lowest BCUT2D eigenvalue weighted by Gasteiger charge is -2.10. The second kappa shape index (κ2) is 7.59. The summed E-state index contributed by atoms with van der Waals surface area (Å²) >= 11 is 0. The maximum absolute atomic E-state index is 11.6. The Balaban J connectivity index is 2.47. The summed E-state index contributed by atoms with van der Waals surface area (Å²) in [6.07, 6.45) is 0.835. The fourth-order valence-electron chi connectivity index (χ4n) is 1.50. The van der Waals surface area contributed by atoms with E-state index in [9.17, 15) is 8.42 Å². The fraction of sp³-hybridized carbons (Fsp3) is 0.538. The highest BCUT2D eigenvalue weighted by molar-refractivity contribution is 7.87. The highest BCUT2D eigenvalue weighted by Gasteiger charge is 2.09. The van der Waals surface area contributed by atoms with Crippen LogP contribution in [0.25, 0.3) is 0 Å². The van der Waals surface area contributed by atoms with E-state index in [1.807, 2.05) is 38.1 Å². The third-order valence-electron chi connectivity index (χ3n) is 2.60. The molecule has 0 aliphatic rings. The SMILES string of the molecule is CC(C)CNS(=O)(=O)NCc1ccc(CCN)cc1. The summed E-state index contributed by atoms with van der Waals surface area (Å²) in [5, 5.41) is 0. The molecule has 1 aromatic rings. The summed E-state index contributed by atoms with van der Waals surface area (Å²) in [6, 6.07) is 7.77. The minimum absolute atomic E-state index is 0.284. The monoisotopic (exact) mass is 285 g/mol. The summed E-state index contributed by atoms with van der Waals surface area (Å²) in [5.74, 6) is 0.284. The van der Waals surface area contributed by atoms with Gasteiger partial charge >= 0.3 is 0 Å². The average Bonchev–Trinajstić information content (AvgIpc) is 2.36. The number of nitrogens with one attached hydrogen (secondary N) is 2. The summed E-state index contributed by atoms with van der Waals surface area (Å²) in [6.45, 7) is 5.25. The molecule has 0 saturated heterocycles. The minimum Gasteiger partial charge on any atom is -0.330 e. The minimum atomic E-state index is -3.42. The zero-order valence-electron chi connectivity index (χ0n) is 11.5. The first-order chi connectivity index (χ1) is 8.93. The molecule has 0 fully saturated rings. The molecule has 4 N–H and O–H groups in total. The first-order valence-corrected chi connectivity index (χ1v) is 7.93. The smallest absolute Gasteiger partial charge is 0.277 e. The van der Waals surface area contributed by atoms with E-state index in [4.69, 9.17) is 5.73 Å². The Bertz CT molecular complexity index is 469. The molecule has 1 rings (SSSR count). The molecule has 0 atom stereocenters. The van der Waals surface area contributed by atoms with E-state index in [-0.39, 0.29) is 12.5 Å². The van der Waals surface area contributed by atoms with E-state index in [0.29, 0.717) is 13.1 Å². The lowest BCUT2D eigenvalue weighted by Crippen LogP contribution is -2.37. The van der Waals surface area contributed by atoms with Crippen LogP contribution < -0.4 is 15.2 Å². The van der Waals surface area contributed by atoms with Crippen LogP contribution >= 0.6 is 0 Å². The molecule has 0 amide bonds. The van der Waals surface area contributed by atoms with Crippen molar-refractivity contribution in [3.63, 3.8) is 0 Å². The quantitative estimate of drug-likeness (QED) is 0.659. The van der Waals surface area contributed by atoms with E-state index >= 15 is 0 Å². The van der Waals surface area contributed by atoms with Crippen molar-refractivity contribution in [2.45, 2.75) is 26.8 Å². The van der Waals surface area contributed by atoms with E-state index in [0.717, 1.165) is 17.5 Å². The fourth-order valence-corrected chi connectivity index (χ4v) is 2.51. The second-order valence-corrected chi connectivity index (χ2v) is 6.51. The van der Waals surface area contributed by atoms with Crippen LogP contribution in [0.15, 0.2) is 24.3 Å². The van der Waals surface area contributed by atoms with Crippen molar-refractivity contribution < 1.29 is 8.42 Å². The summed E-state index contributed by atoms with van der Waals surface area (Å²) < 4.78 is 28.3. The topological polar surface area (TPSA) is 84.2 Å². The van der Waals surface area contributed by atoms with Crippen LogP contribution in [-0.4, -0.2) is 21.5 Å². The second-order valence-electron chi connectivity index (χ2n) is 4.92. The predicted octanol–water partition coefficient (Wildman–Crippen LogP) is 0.768. The number of rotatable bonds is 8. The van der Waals surface area contributed by atoms with Gasteiger partial charge in [-0.25, -0.2) is 4.72 Å². The van der Waals surface area contributed by atoms with Crippen molar-refractivity contribution in [2.24, 2.45) is 11.7 Å². The van der Waals surface area contributed by atoms with Gasteiger partial charge in [-0.05, 0) is 30.0 Å². The molecule has 108 valence electrons. The summed E-state index contributed by atoms with van der Waals surface area (Å²) in [7, 11) is -3.42. The van der Waals surface area contributed by atoms with Crippen molar-refractivity contribution in [1.82, 2.24) is 9.44 Å². The molecule has 0 aliphatic heterocycles. The van der Waals surface area contributed by atoms with E-state index < -0.39 is 10.2 Å². The zero-order chi connectivity index (χ0) is 14.3. The van der Waals surface area contributed by atoms with Crippen LogP contribution in [0.3, 0.4) is 0 Å². The summed E-state index contributed by atoms with van der Waals surface area (Å²) in [5.41, 5.74) is 7.56. The molecule has 19 heavy (non-hydrogen) atoms. The van der Waals surface area contributed by atoms with Gasteiger partial charge in [0.05, 0.1) is 0 Å². The average molecular weight is 285 g/mol. The van der Waals surface area contributed by atoms with Crippen LogP contribution in [0.1, 0.15) is 25.0 Å². The third-order valence-corrected chi connectivity index (χ3v) is 3.67.